The first-order chi connectivity index (χ1) is 14.0. The lowest BCUT2D eigenvalue weighted by molar-refractivity contribution is -0.384. The zero-order chi connectivity index (χ0) is 20.4. The molecule has 2 fully saturated rings. The monoisotopic (exact) mass is 398 g/mol. The first-order valence-corrected chi connectivity index (χ1v) is 9.86. The Hall–Kier alpha value is -3.16. The van der Waals surface area contributed by atoms with E-state index >= 15 is 0 Å². The quantitative estimate of drug-likeness (QED) is 0.572. The van der Waals surface area contributed by atoms with Gasteiger partial charge in [0.1, 0.15) is 11.5 Å². The molecule has 1 aliphatic carbocycles. The molecule has 0 radical (unpaired) electrons. The van der Waals surface area contributed by atoms with Gasteiger partial charge in [-0.05, 0) is 49.9 Å². The van der Waals surface area contributed by atoms with Gasteiger partial charge in [-0.1, -0.05) is 12.1 Å². The van der Waals surface area contributed by atoms with Crippen molar-refractivity contribution < 1.29 is 14.1 Å². The molecule has 1 heterocycles. The van der Waals surface area contributed by atoms with E-state index in [1.165, 1.54) is 12.1 Å². The van der Waals surface area contributed by atoms with Crippen molar-refractivity contribution in [1.29, 1.82) is 0 Å². The van der Waals surface area contributed by atoms with Gasteiger partial charge in [0.2, 0.25) is 0 Å². The minimum absolute atomic E-state index is 0.0611. The van der Waals surface area contributed by atoms with E-state index in [-0.39, 0.29) is 29.5 Å². The highest BCUT2D eigenvalue weighted by Gasteiger charge is 2.28. The van der Waals surface area contributed by atoms with Gasteiger partial charge in [-0.25, -0.2) is 4.39 Å². The second-order valence-corrected chi connectivity index (χ2v) is 7.59. The van der Waals surface area contributed by atoms with E-state index in [2.05, 4.69) is 10.6 Å². The molecular weight excluding hydrogens is 375 g/mol. The summed E-state index contributed by atoms with van der Waals surface area (Å²) in [5.41, 5.74) is 1.24. The van der Waals surface area contributed by atoms with E-state index in [1.807, 2.05) is 4.90 Å². The third kappa shape index (κ3) is 4.47. The van der Waals surface area contributed by atoms with Crippen molar-refractivity contribution in [1.82, 2.24) is 5.32 Å². The number of benzene rings is 2. The van der Waals surface area contributed by atoms with Crippen LogP contribution in [0.5, 0.6) is 0 Å². The molecule has 0 bridgehead atoms. The molecule has 2 N–H and O–H groups in total. The van der Waals surface area contributed by atoms with Crippen molar-refractivity contribution in [3.63, 3.8) is 0 Å². The number of piperidine rings is 1. The molecular formula is C21H23FN4O3. The van der Waals surface area contributed by atoms with Crippen LogP contribution in [-0.2, 0) is 0 Å². The highest BCUT2D eigenvalue weighted by Crippen LogP contribution is 2.32. The number of carbonyl (C=O) groups excluding carboxylic acids is 1. The maximum absolute atomic E-state index is 13.8. The van der Waals surface area contributed by atoms with Crippen molar-refractivity contribution in [3.8, 4) is 0 Å². The van der Waals surface area contributed by atoms with Gasteiger partial charge >= 0.3 is 0 Å². The number of anilines is 2. The van der Waals surface area contributed by atoms with Crippen molar-refractivity contribution >= 4 is 23.0 Å². The van der Waals surface area contributed by atoms with Crippen LogP contribution >= 0.6 is 0 Å². The van der Waals surface area contributed by atoms with E-state index in [9.17, 15) is 19.3 Å². The topological polar surface area (TPSA) is 87.5 Å². The highest BCUT2D eigenvalue weighted by atomic mass is 19.1. The van der Waals surface area contributed by atoms with E-state index < -0.39 is 4.92 Å². The summed E-state index contributed by atoms with van der Waals surface area (Å²) in [6.07, 6.45) is 3.38. The normalized spacial score (nSPS) is 17.1. The fourth-order valence-corrected chi connectivity index (χ4v) is 3.64. The van der Waals surface area contributed by atoms with Gasteiger partial charge in [-0.15, -0.1) is 0 Å². The maximum Gasteiger partial charge on any atom is 0.293 e. The summed E-state index contributed by atoms with van der Waals surface area (Å²) in [6, 6.07) is 11.5. The highest BCUT2D eigenvalue weighted by molar-refractivity contribution is 5.96. The zero-order valence-electron chi connectivity index (χ0n) is 15.9. The number of nitro benzene ring substituents is 1. The van der Waals surface area contributed by atoms with Crippen LogP contribution in [0, 0.1) is 15.9 Å². The van der Waals surface area contributed by atoms with E-state index in [4.69, 9.17) is 0 Å². The lowest BCUT2D eigenvalue weighted by Gasteiger charge is -2.34. The van der Waals surface area contributed by atoms with Gasteiger partial charge in [0.05, 0.1) is 10.6 Å². The standard InChI is InChI=1S/C21H23FN4O3/c22-17-3-1-2-4-18(17)23-16-9-11-25(12-10-16)19-8-5-14(13-20(19)26(28)29)21(27)24-15-6-7-15/h1-5,8,13,15-16,23H,6-7,9-12H2,(H,24,27). The third-order valence-electron chi connectivity index (χ3n) is 5.42. The molecule has 1 aliphatic heterocycles. The molecule has 0 aromatic heterocycles. The van der Waals surface area contributed by atoms with E-state index in [0.717, 1.165) is 25.7 Å². The largest absolute Gasteiger partial charge is 0.380 e. The molecule has 29 heavy (non-hydrogen) atoms. The number of para-hydroxylation sites is 1. The summed E-state index contributed by atoms with van der Waals surface area (Å²) in [4.78, 5) is 25.3. The van der Waals surface area contributed by atoms with Crippen LogP contribution in [0.25, 0.3) is 0 Å². The third-order valence-corrected chi connectivity index (χ3v) is 5.42. The lowest BCUT2D eigenvalue weighted by atomic mass is 10.0. The fraction of sp³-hybridized carbons (Fsp3) is 0.381. The Labute approximate surface area is 168 Å². The van der Waals surface area contributed by atoms with Crippen LogP contribution in [0.15, 0.2) is 42.5 Å². The van der Waals surface area contributed by atoms with Crippen molar-refractivity contribution in [2.24, 2.45) is 0 Å². The predicted octanol–water partition coefficient (Wildman–Crippen LogP) is 3.71. The van der Waals surface area contributed by atoms with Crippen LogP contribution in [-0.4, -0.2) is 36.0 Å². The second kappa shape index (κ2) is 8.06. The van der Waals surface area contributed by atoms with Crippen molar-refractivity contribution in [3.05, 3.63) is 64.0 Å². The average Bonchev–Trinajstić information content (AvgIpc) is 3.54. The van der Waals surface area contributed by atoms with Gasteiger partial charge in [0.15, 0.2) is 0 Å². The molecule has 2 aromatic rings. The molecule has 2 aromatic carbocycles. The van der Waals surface area contributed by atoms with Crippen LogP contribution < -0.4 is 15.5 Å². The summed E-state index contributed by atoms with van der Waals surface area (Å²) in [6.45, 7) is 1.22. The summed E-state index contributed by atoms with van der Waals surface area (Å²) in [5.74, 6) is -0.555. The molecule has 0 unspecified atom stereocenters. The number of amides is 1. The lowest BCUT2D eigenvalue weighted by Crippen LogP contribution is -2.39. The Bertz CT molecular complexity index is 924. The van der Waals surface area contributed by atoms with Gasteiger partial charge in [-0.3, -0.25) is 14.9 Å². The Morgan fingerprint density at radius 2 is 1.79 bits per heavy atom. The zero-order valence-corrected chi connectivity index (χ0v) is 15.9. The molecule has 7 nitrogen and oxygen atoms in total. The molecule has 1 amide bonds. The maximum atomic E-state index is 13.8. The van der Waals surface area contributed by atoms with Gasteiger partial charge in [-0.2, -0.15) is 0 Å². The number of carbonyl (C=O) groups is 1. The summed E-state index contributed by atoms with van der Waals surface area (Å²) < 4.78 is 13.8. The molecule has 4 rings (SSSR count). The minimum Gasteiger partial charge on any atom is -0.380 e. The number of halogens is 1. The number of nitrogens with one attached hydrogen (secondary N) is 2. The molecule has 1 saturated heterocycles. The number of nitrogens with zero attached hydrogens (tertiary/aromatic N) is 2. The van der Waals surface area contributed by atoms with E-state index in [0.29, 0.717) is 30.0 Å². The summed E-state index contributed by atoms with van der Waals surface area (Å²) >= 11 is 0. The molecule has 8 heteroatoms. The average molecular weight is 398 g/mol. The number of nitro groups is 1. The molecule has 2 aliphatic rings. The molecule has 0 spiro atoms. The van der Waals surface area contributed by atoms with Gasteiger partial charge < -0.3 is 15.5 Å². The minimum atomic E-state index is -0.438. The SMILES string of the molecule is O=C(NC1CC1)c1ccc(N2CCC(Nc3ccccc3F)CC2)c([N+](=O)[O-])c1. The first-order valence-electron chi connectivity index (χ1n) is 9.86. The number of rotatable bonds is 6. The summed E-state index contributed by atoms with van der Waals surface area (Å²) in [7, 11) is 0. The van der Waals surface area contributed by atoms with Gasteiger partial charge in [0.25, 0.3) is 11.6 Å². The first kappa shape index (κ1) is 19.2. The number of hydrogen-bond acceptors (Lipinski definition) is 5. The molecule has 0 atom stereocenters. The van der Waals surface area contributed by atoms with Crippen LogP contribution in [0.1, 0.15) is 36.0 Å². The predicted molar refractivity (Wildman–Crippen MR) is 109 cm³/mol. The Kier molecular flexibility index (Phi) is 5.33. The smallest absolute Gasteiger partial charge is 0.293 e. The van der Waals surface area contributed by atoms with E-state index in [1.54, 1.807) is 30.3 Å². The summed E-state index contributed by atoms with van der Waals surface area (Å²) in [5, 5.41) is 17.7. The van der Waals surface area contributed by atoms with Crippen LogP contribution in [0.3, 0.4) is 0 Å². The van der Waals surface area contributed by atoms with Crippen LogP contribution in [0.4, 0.5) is 21.5 Å². The second-order valence-electron chi connectivity index (χ2n) is 7.59. The Balaban J connectivity index is 1.43. The number of hydrogen-bond donors (Lipinski definition) is 2. The van der Waals surface area contributed by atoms with Crippen LogP contribution in [0.2, 0.25) is 0 Å². The van der Waals surface area contributed by atoms with Crippen molar-refractivity contribution in [2.45, 2.75) is 37.8 Å². The fourth-order valence-electron chi connectivity index (χ4n) is 3.64. The van der Waals surface area contributed by atoms with Gasteiger partial charge in [0, 0.05) is 36.8 Å². The van der Waals surface area contributed by atoms with Crippen molar-refractivity contribution in [2.75, 3.05) is 23.3 Å². The Morgan fingerprint density at radius 3 is 2.45 bits per heavy atom. The molecule has 1 saturated carbocycles. The molecule has 152 valence electrons. The Morgan fingerprint density at radius 1 is 1.07 bits per heavy atom.